The lowest BCUT2D eigenvalue weighted by molar-refractivity contribution is 0.163. The second-order valence-electron chi connectivity index (χ2n) is 7.02. The molecule has 1 aliphatic rings. The number of aryl methyl sites for hydroxylation is 1. The lowest BCUT2D eigenvalue weighted by Gasteiger charge is -2.26. The summed E-state index contributed by atoms with van der Waals surface area (Å²) in [7, 11) is 0. The first kappa shape index (κ1) is 20.3. The van der Waals surface area contributed by atoms with Crippen molar-refractivity contribution in [2.45, 2.75) is 32.6 Å². The number of carbonyl (C=O) groups is 1. The van der Waals surface area contributed by atoms with E-state index in [2.05, 4.69) is 30.8 Å². The van der Waals surface area contributed by atoms with Gasteiger partial charge in [0.2, 0.25) is 0 Å². The number of fused-ring (bicyclic) bond motifs is 1. The van der Waals surface area contributed by atoms with Gasteiger partial charge in [-0.25, -0.2) is 23.5 Å². The van der Waals surface area contributed by atoms with Crippen LogP contribution in [0, 0.1) is 6.92 Å². The molecule has 2 N–H and O–H groups in total. The normalized spacial score (nSPS) is 14.3. The van der Waals surface area contributed by atoms with Crippen LogP contribution in [0.15, 0.2) is 18.3 Å². The SMILES string of the molecule is Cc1nnc(-c2cc(NCC(F)F)c3cnc(NC(=O)N4CCCCC4)cc3n2)s1. The summed E-state index contributed by atoms with van der Waals surface area (Å²) < 4.78 is 25.5. The second-order valence-corrected chi connectivity index (χ2v) is 8.20. The Hall–Kier alpha value is -2.95. The standard InChI is InChI=1S/C19H21F2N7OS/c1-11-26-27-18(30-11)15-7-13(22-10-16(20)21)12-9-23-17(8-14(12)24-15)25-19(29)28-5-3-2-4-6-28/h7-9,16H,2-6,10H2,1H3,(H,22,24)(H,23,25,29). The second kappa shape index (κ2) is 8.82. The fraction of sp³-hybridized carbons (Fsp3) is 0.421. The molecular formula is C19H21F2N7OS. The maximum absolute atomic E-state index is 12.8. The molecule has 4 heterocycles. The number of likely N-dealkylation sites (tertiary alicyclic amines) is 1. The number of amides is 2. The monoisotopic (exact) mass is 433 g/mol. The van der Waals surface area contributed by atoms with Gasteiger partial charge in [0.1, 0.15) is 16.5 Å². The zero-order valence-electron chi connectivity index (χ0n) is 16.4. The van der Waals surface area contributed by atoms with Gasteiger partial charge in [-0.2, -0.15) is 0 Å². The third-order valence-electron chi connectivity index (χ3n) is 4.76. The number of anilines is 2. The summed E-state index contributed by atoms with van der Waals surface area (Å²) >= 11 is 1.36. The van der Waals surface area contributed by atoms with Gasteiger partial charge in [0.05, 0.1) is 12.1 Å². The van der Waals surface area contributed by atoms with Gasteiger partial charge in [0, 0.05) is 36.4 Å². The Labute approximate surface area is 175 Å². The van der Waals surface area contributed by atoms with Crippen LogP contribution in [0.1, 0.15) is 24.3 Å². The zero-order valence-corrected chi connectivity index (χ0v) is 17.2. The van der Waals surface area contributed by atoms with Crippen LogP contribution in [-0.2, 0) is 0 Å². The summed E-state index contributed by atoms with van der Waals surface area (Å²) in [5.74, 6) is 0.357. The molecule has 0 aromatic carbocycles. The van der Waals surface area contributed by atoms with Crippen molar-refractivity contribution < 1.29 is 13.6 Å². The summed E-state index contributed by atoms with van der Waals surface area (Å²) in [5, 5.41) is 15.6. The highest BCUT2D eigenvalue weighted by molar-refractivity contribution is 7.14. The molecule has 11 heteroatoms. The van der Waals surface area contributed by atoms with Gasteiger partial charge in [-0.1, -0.05) is 11.3 Å². The molecule has 0 atom stereocenters. The average Bonchev–Trinajstić information content (AvgIpc) is 3.18. The van der Waals surface area contributed by atoms with Crippen molar-refractivity contribution in [3.63, 3.8) is 0 Å². The molecule has 0 saturated carbocycles. The Morgan fingerprint density at radius 3 is 2.73 bits per heavy atom. The van der Waals surface area contributed by atoms with E-state index in [-0.39, 0.29) is 6.03 Å². The number of aromatic nitrogens is 4. The Kier molecular flexibility index (Phi) is 5.98. The molecule has 158 valence electrons. The van der Waals surface area contributed by atoms with Crippen molar-refractivity contribution in [1.29, 1.82) is 0 Å². The molecule has 1 aliphatic heterocycles. The molecule has 4 rings (SSSR count). The smallest absolute Gasteiger partial charge is 0.323 e. The molecule has 1 fully saturated rings. The number of pyridine rings is 2. The number of piperidine rings is 1. The van der Waals surface area contributed by atoms with Crippen LogP contribution in [-0.4, -0.2) is 57.2 Å². The van der Waals surface area contributed by atoms with E-state index < -0.39 is 13.0 Å². The van der Waals surface area contributed by atoms with Gasteiger partial charge < -0.3 is 10.2 Å². The number of carbonyl (C=O) groups excluding carboxylic acids is 1. The largest absolute Gasteiger partial charge is 0.379 e. The summed E-state index contributed by atoms with van der Waals surface area (Å²) in [6, 6.07) is 3.11. The number of nitrogens with one attached hydrogen (secondary N) is 2. The number of rotatable bonds is 5. The quantitative estimate of drug-likeness (QED) is 0.628. The van der Waals surface area contributed by atoms with Crippen molar-refractivity contribution in [1.82, 2.24) is 25.1 Å². The third kappa shape index (κ3) is 4.61. The number of hydrogen-bond donors (Lipinski definition) is 2. The third-order valence-corrected chi connectivity index (χ3v) is 5.63. The van der Waals surface area contributed by atoms with Crippen molar-refractivity contribution in [3.05, 3.63) is 23.3 Å². The molecule has 1 saturated heterocycles. The van der Waals surface area contributed by atoms with Crippen molar-refractivity contribution >= 4 is 39.8 Å². The Balaban J connectivity index is 1.67. The summed E-state index contributed by atoms with van der Waals surface area (Å²) in [6.45, 7) is 2.78. The van der Waals surface area contributed by atoms with E-state index >= 15 is 0 Å². The molecule has 2 amide bonds. The predicted molar refractivity (Wildman–Crippen MR) is 112 cm³/mol. The molecule has 3 aromatic rings. The van der Waals surface area contributed by atoms with Crippen molar-refractivity contribution in [2.75, 3.05) is 30.3 Å². The van der Waals surface area contributed by atoms with Crippen molar-refractivity contribution in [2.24, 2.45) is 0 Å². The first-order valence-corrected chi connectivity index (χ1v) is 10.5. The molecule has 0 aliphatic carbocycles. The molecular weight excluding hydrogens is 412 g/mol. The number of hydrogen-bond acceptors (Lipinski definition) is 7. The molecule has 0 unspecified atom stereocenters. The van der Waals surface area contributed by atoms with Crippen LogP contribution in [0.2, 0.25) is 0 Å². The Morgan fingerprint density at radius 2 is 2.03 bits per heavy atom. The minimum Gasteiger partial charge on any atom is -0.379 e. The molecule has 0 spiro atoms. The van der Waals surface area contributed by atoms with Gasteiger partial charge in [-0.3, -0.25) is 5.32 Å². The summed E-state index contributed by atoms with van der Waals surface area (Å²) in [5.41, 5.74) is 1.51. The minimum absolute atomic E-state index is 0.200. The van der Waals surface area contributed by atoms with Crippen molar-refractivity contribution in [3.8, 4) is 10.7 Å². The van der Waals surface area contributed by atoms with Crippen LogP contribution in [0.25, 0.3) is 21.6 Å². The first-order chi connectivity index (χ1) is 14.5. The fourth-order valence-corrected chi connectivity index (χ4v) is 3.97. The van der Waals surface area contributed by atoms with Crippen LogP contribution in [0.3, 0.4) is 0 Å². The maximum atomic E-state index is 12.8. The lowest BCUT2D eigenvalue weighted by Crippen LogP contribution is -2.38. The van der Waals surface area contributed by atoms with Crippen LogP contribution in [0.5, 0.6) is 0 Å². The summed E-state index contributed by atoms with van der Waals surface area (Å²) in [6.07, 6.45) is 2.13. The maximum Gasteiger partial charge on any atom is 0.323 e. The van der Waals surface area contributed by atoms with E-state index in [4.69, 9.17) is 0 Å². The van der Waals surface area contributed by atoms with E-state index in [1.807, 2.05) is 6.92 Å². The average molecular weight is 433 g/mol. The zero-order chi connectivity index (χ0) is 21.1. The highest BCUT2D eigenvalue weighted by Gasteiger charge is 2.18. The Morgan fingerprint density at radius 1 is 1.23 bits per heavy atom. The highest BCUT2D eigenvalue weighted by Crippen LogP contribution is 2.30. The lowest BCUT2D eigenvalue weighted by atomic mass is 10.1. The van der Waals surface area contributed by atoms with Gasteiger partial charge in [-0.05, 0) is 32.3 Å². The van der Waals surface area contributed by atoms with E-state index in [0.29, 0.717) is 33.1 Å². The topological polar surface area (TPSA) is 95.9 Å². The van der Waals surface area contributed by atoms with E-state index in [0.717, 1.165) is 37.4 Å². The van der Waals surface area contributed by atoms with Gasteiger partial charge >= 0.3 is 6.03 Å². The predicted octanol–water partition coefficient (Wildman–Crippen LogP) is 4.15. The molecule has 8 nitrogen and oxygen atoms in total. The molecule has 0 bridgehead atoms. The van der Waals surface area contributed by atoms with Gasteiger partial charge in [-0.15, -0.1) is 10.2 Å². The number of alkyl halides is 2. The number of halogens is 2. The van der Waals surface area contributed by atoms with E-state index in [1.165, 1.54) is 17.5 Å². The minimum atomic E-state index is -2.50. The first-order valence-electron chi connectivity index (χ1n) is 9.69. The van der Waals surface area contributed by atoms with Gasteiger partial charge in [0.15, 0.2) is 5.01 Å². The van der Waals surface area contributed by atoms with Crippen LogP contribution < -0.4 is 10.6 Å². The van der Waals surface area contributed by atoms with E-state index in [1.54, 1.807) is 17.0 Å². The number of nitrogens with zero attached hydrogens (tertiary/aromatic N) is 5. The molecule has 0 radical (unpaired) electrons. The summed E-state index contributed by atoms with van der Waals surface area (Å²) in [4.78, 5) is 23.1. The molecule has 30 heavy (non-hydrogen) atoms. The van der Waals surface area contributed by atoms with E-state index in [9.17, 15) is 13.6 Å². The Bertz CT molecular complexity index is 1050. The van der Waals surface area contributed by atoms with Gasteiger partial charge in [0.25, 0.3) is 6.43 Å². The molecule has 3 aromatic heterocycles. The van der Waals surface area contributed by atoms with Crippen LogP contribution >= 0.6 is 11.3 Å². The fourth-order valence-electron chi connectivity index (χ4n) is 3.32. The van der Waals surface area contributed by atoms with Crippen LogP contribution in [0.4, 0.5) is 25.1 Å². The highest BCUT2D eigenvalue weighted by atomic mass is 32.1. The number of urea groups is 1.